The number of nitrogens with one attached hydrogen (secondary N) is 2. The second-order valence-corrected chi connectivity index (χ2v) is 7.39. The zero-order valence-electron chi connectivity index (χ0n) is 18.7. The van der Waals surface area contributed by atoms with Crippen molar-refractivity contribution < 1.29 is 9.53 Å². The number of rotatable bonds is 9. The van der Waals surface area contributed by atoms with Crippen LogP contribution in [0.2, 0.25) is 0 Å². The molecular weight excluding hydrogens is 406 g/mol. The molecule has 168 valence electrons. The second-order valence-electron chi connectivity index (χ2n) is 7.39. The van der Waals surface area contributed by atoms with Crippen LogP contribution >= 0.6 is 0 Å². The van der Waals surface area contributed by atoms with E-state index in [1.165, 1.54) is 0 Å². The van der Waals surface area contributed by atoms with Gasteiger partial charge in [0.05, 0.1) is 18.0 Å². The summed E-state index contributed by atoms with van der Waals surface area (Å²) in [6, 6.07) is 7.68. The number of nitrogens with zero attached hydrogens (tertiary/aromatic N) is 2. The van der Waals surface area contributed by atoms with Gasteiger partial charge in [-0.15, -0.1) is 0 Å². The summed E-state index contributed by atoms with van der Waals surface area (Å²) < 4.78 is 6.83. The highest BCUT2D eigenvalue weighted by Gasteiger charge is 2.22. The topological polar surface area (TPSA) is 115 Å². The molecule has 0 spiro atoms. The standard InChI is InChI=1S/C24H29N5O3/c1-5-17-20(16(13-14-32-4)11-12-19(30)26-6-2)22-21(24(31)27-17)23(25)29(28-22)18-10-8-7-9-15(18)3/h5,7-10,13H,1,6,11-12,14,25H2,2-4H3,(H,26,30)(H,27,31)/b16-13-. The van der Waals surface area contributed by atoms with Crippen LogP contribution in [-0.2, 0) is 9.53 Å². The minimum Gasteiger partial charge on any atom is -0.383 e. The second kappa shape index (κ2) is 10.1. The number of carbonyl (C=O) groups excluding carboxylic acids is 1. The summed E-state index contributed by atoms with van der Waals surface area (Å²) in [6.07, 6.45) is 4.19. The van der Waals surface area contributed by atoms with Crippen LogP contribution in [-0.4, -0.2) is 40.9 Å². The van der Waals surface area contributed by atoms with Crippen LogP contribution in [0, 0.1) is 6.92 Å². The largest absolute Gasteiger partial charge is 0.383 e. The zero-order valence-corrected chi connectivity index (χ0v) is 18.7. The molecule has 2 heterocycles. The van der Waals surface area contributed by atoms with Crippen molar-refractivity contribution in [3.05, 3.63) is 64.1 Å². The number of fused-ring (bicyclic) bond motifs is 1. The van der Waals surface area contributed by atoms with Gasteiger partial charge in [0.1, 0.15) is 16.7 Å². The number of nitrogens with two attached hydrogens (primary N) is 1. The number of methoxy groups -OCH3 is 1. The number of ether oxygens (including phenoxy) is 1. The number of aromatic amines is 1. The van der Waals surface area contributed by atoms with Crippen molar-refractivity contribution in [2.75, 3.05) is 26.0 Å². The molecule has 0 aliphatic carbocycles. The fourth-order valence-corrected chi connectivity index (χ4v) is 3.71. The highest BCUT2D eigenvalue weighted by atomic mass is 16.5. The number of amides is 1. The number of benzene rings is 1. The Balaban J connectivity index is 2.26. The molecule has 0 unspecified atom stereocenters. The van der Waals surface area contributed by atoms with Crippen LogP contribution < -0.4 is 16.6 Å². The van der Waals surface area contributed by atoms with Crippen molar-refractivity contribution >= 4 is 34.3 Å². The lowest BCUT2D eigenvalue weighted by molar-refractivity contribution is -0.120. The molecule has 3 rings (SSSR count). The summed E-state index contributed by atoms with van der Waals surface area (Å²) in [7, 11) is 1.60. The number of para-hydroxylation sites is 1. The molecule has 0 fully saturated rings. The van der Waals surface area contributed by atoms with Crippen molar-refractivity contribution in [2.24, 2.45) is 0 Å². The molecule has 1 amide bonds. The SMILES string of the molecule is C=Cc1[nH]c(=O)c2c(N)n(-c3ccccc3C)nc2c1/C(=C\COC)CCC(=O)NCC. The molecule has 0 saturated carbocycles. The number of anilines is 1. The molecule has 32 heavy (non-hydrogen) atoms. The first-order valence-electron chi connectivity index (χ1n) is 10.5. The van der Waals surface area contributed by atoms with Gasteiger partial charge >= 0.3 is 0 Å². The van der Waals surface area contributed by atoms with Gasteiger partial charge < -0.3 is 20.8 Å². The van der Waals surface area contributed by atoms with Crippen LogP contribution in [0.1, 0.15) is 36.6 Å². The molecule has 3 aromatic rings. The van der Waals surface area contributed by atoms with Gasteiger partial charge in [0, 0.05) is 25.6 Å². The summed E-state index contributed by atoms with van der Waals surface area (Å²) in [5.41, 5.74) is 10.3. The first-order valence-corrected chi connectivity index (χ1v) is 10.5. The normalized spacial score (nSPS) is 11.7. The fourth-order valence-electron chi connectivity index (χ4n) is 3.71. The molecule has 0 atom stereocenters. The maximum Gasteiger partial charge on any atom is 0.261 e. The van der Waals surface area contributed by atoms with E-state index in [0.717, 1.165) is 16.8 Å². The molecule has 1 aromatic carbocycles. The number of H-pyrrole nitrogens is 1. The Morgan fingerprint density at radius 1 is 1.34 bits per heavy atom. The predicted molar refractivity (Wildman–Crippen MR) is 129 cm³/mol. The molecule has 0 saturated heterocycles. The number of aryl methyl sites for hydroxylation is 1. The first-order chi connectivity index (χ1) is 15.4. The average molecular weight is 436 g/mol. The number of aromatic nitrogens is 3. The van der Waals surface area contributed by atoms with Gasteiger partial charge in [0.25, 0.3) is 5.56 Å². The lowest BCUT2D eigenvalue weighted by Crippen LogP contribution is -2.22. The Bertz CT molecular complexity index is 1240. The predicted octanol–water partition coefficient (Wildman–Crippen LogP) is 3.19. The molecule has 8 heteroatoms. The summed E-state index contributed by atoms with van der Waals surface area (Å²) in [5.74, 6) is 0.198. The van der Waals surface area contributed by atoms with E-state index in [1.54, 1.807) is 17.9 Å². The summed E-state index contributed by atoms with van der Waals surface area (Å²) in [6.45, 7) is 8.59. The average Bonchev–Trinajstić information content (AvgIpc) is 3.12. The Morgan fingerprint density at radius 2 is 2.09 bits per heavy atom. The number of carbonyl (C=O) groups is 1. The van der Waals surface area contributed by atoms with E-state index >= 15 is 0 Å². The van der Waals surface area contributed by atoms with Gasteiger partial charge in [0.15, 0.2) is 0 Å². The van der Waals surface area contributed by atoms with Gasteiger partial charge in [-0.1, -0.05) is 30.9 Å². The number of allylic oxidation sites excluding steroid dienone is 1. The fraction of sp³-hybridized carbons (Fsp3) is 0.292. The Kier molecular flexibility index (Phi) is 7.27. The minimum absolute atomic E-state index is 0.0541. The van der Waals surface area contributed by atoms with E-state index in [1.807, 2.05) is 44.2 Å². The molecule has 4 N–H and O–H groups in total. The van der Waals surface area contributed by atoms with Gasteiger partial charge in [-0.2, -0.15) is 5.10 Å². The third kappa shape index (κ3) is 4.50. The minimum atomic E-state index is -0.342. The van der Waals surface area contributed by atoms with E-state index in [-0.39, 0.29) is 23.7 Å². The smallest absolute Gasteiger partial charge is 0.261 e. The maximum absolute atomic E-state index is 12.9. The lowest BCUT2D eigenvalue weighted by atomic mass is 9.96. The molecule has 0 radical (unpaired) electrons. The third-order valence-corrected chi connectivity index (χ3v) is 5.26. The number of hydrogen-bond acceptors (Lipinski definition) is 5. The molecular formula is C24H29N5O3. The molecule has 0 bridgehead atoms. The Morgan fingerprint density at radius 3 is 2.75 bits per heavy atom. The van der Waals surface area contributed by atoms with E-state index < -0.39 is 0 Å². The van der Waals surface area contributed by atoms with E-state index in [2.05, 4.69) is 16.9 Å². The molecule has 2 aromatic heterocycles. The van der Waals surface area contributed by atoms with Crippen LogP contribution in [0.25, 0.3) is 28.2 Å². The lowest BCUT2D eigenvalue weighted by Gasteiger charge is -2.12. The summed E-state index contributed by atoms with van der Waals surface area (Å²) in [4.78, 5) is 27.9. The van der Waals surface area contributed by atoms with Gasteiger partial charge in [-0.25, -0.2) is 4.68 Å². The van der Waals surface area contributed by atoms with Crippen LogP contribution in [0.5, 0.6) is 0 Å². The zero-order chi connectivity index (χ0) is 23.3. The van der Waals surface area contributed by atoms with Gasteiger partial charge in [-0.05, 0) is 43.5 Å². The molecule has 8 nitrogen and oxygen atoms in total. The number of nitrogen functional groups attached to an aromatic ring is 1. The Labute approximate surface area is 186 Å². The van der Waals surface area contributed by atoms with Crippen molar-refractivity contribution in [2.45, 2.75) is 26.7 Å². The monoisotopic (exact) mass is 435 g/mol. The van der Waals surface area contributed by atoms with Crippen LogP contribution in [0.4, 0.5) is 5.82 Å². The van der Waals surface area contributed by atoms with E-state index in [4.69, 9.17) is 15.6 Å². The Hall–Kier alpha value is -3.65. The van der Waals surface area contributed by atoms with Crippen molar-refractivity contribution in [3.8, 4) is 5.69 Å². The summed E-state index contributed by atoms with van der Waals surface area (Å²) >= 11 is 0. The first kappa shape index (κ1) is 23.0. The summed E-state index contributed by atoms with van der Waals surface area (Å²) in [5, 5.41) is 7.86. The van der Waals surface area contributed by atoms with Gasteiger partial charge in [-0.3, -0.25) is 9.59 Å². The van der Waals surface area contributed by atoms with Crippen LogP contribution in [0.15, 0.2) is 41.7 Å². The maximum atomic E-state index is 12.9. The molecule has 0 aliphatic rings. The van der Waals surface area contributed by atoms with E-state index in [0.29, 0.717) is 41.7 Å². The molecule has 0 aliphatic heterocycles. The highest BCUT2D eigenvalue weighted by molar-refractivity contribution is 5.99. The number of hydrogen-bond donors (Lipinski definition) is 3. The van der Waals surface area contributed by atoms with Crippen molar-refractivity contribution in [3.63, 3.8) is 0 Å². The quantitative estimate of drug-likeness (QED) is 0.477. The van der Waals surface area contributed by atoms with Crippen molar-refractivity contribution in [1.82, 2.24) is 20.1 Å². The van der Waals surface area contributed by atoms with E-state index in [9.17, 15) is 9.59 Å². The van der Waals surface area contributed by atoms with Crippen molar-refractivity contribution in [1.29, 1.82) is 0 Å². The number of pyridine rings is 1. The van der Waals surface area contributed by atoms with Gasteiger partial charge in [0.2, 0.25) is 5.91 Å². The highest BCUT2D eigenvalue weighted by Crippen LogP contribution is 2.32. The van der Waals surface area contributed by atoms with Crippen LogP contribution in [0.3, 0.4) is 0 Å². The third-order valence-electron chi connectivity index (χ3n) is 5.26.